The van der Waals surface area contributed by atoms with Gasteiger partial charge in [0.05, 0.1) is 12.8 Å². The van der Waals surface area contributed by atoms with Crippen LogP contribution in [-0.4, -0.2) is 35.7 Å². The van der Waals surface area contributed by atoms with Gasteiger partial charge >= 0.3 is 0 Å². The fourth-order valence-corrected chi connectivity index (χ4v) is 2.96. The number of aliphatic hydroxyl groups is 1. The fourth-order valence-electron chi connectivity index (χ4n) is 2.96. The molecule has 3 aromatic rings. The molecule has 0 aliphatic rings. The van der Waals surface area contributed by atoms with Crippen molar-refractivity contribution >= 4 is 29.9 Å². The van der Waals surface area contributed by atoms with Gasteiger partial charge in [0.25, 0.3) is 0 Å². The predicted molar refractivity (Wildman–Crippen MR) is 131 cm³/mol. The van der Waals surface area contributed by atoms with Crippen LogP contribution in [0.5, 0.6) is 0 Å². The lowest BCUT2D eigenvalue weighted by molar-refractivity contribution is 0.265. The van der Waals surface area contributed by atoms with E-state index in [-0.39, 0.29) is 36.5 Å². The Bertz CT molecular complexity index is 910. The molecule has 0 aliphatic carbocycles. The minimum atomic E-state index is -0.00469. The molecular weight excluding hydrogens is 491 g/mol. The molecule has 0 saturated heterocycles. The van der Waals surface area contributed by atoms with Crippen LogP contribution in [0.1, 0.15) is 29.9 Å². The van der Waals surface area contributed by atoms with Crippen LogP contribution in [0, 0.1) is 6.92 Å². The van der Waals surface area contributed by atoms with Gasteiger partial charge in [0.1, 0.15) is 6.54 Å². The van der Waals surface area contributed by atoms with Crippen molar-refractivity contribution in [1.82, 2.24) is 15.6 Å². The van der Waals surface area contributed by atoms with Crippen LogP contribution >= 0.6 is 24.0 Å². The fraction of sp³-hybridized carbons (Fsp3) is 0.304. The molecule has 7 heteroatoms. The zero-order chi connectivity index (χ0) is 20.5. The lowest BCUT2D eigenvalue weighted by Gasteiger charge is -2.17. The number of halogens is 1. The third kappa shape index (κ3) is 6.84. The first-order valence-electron chi connectivity index (χ1n) is 9.89. The zero-order valence-corrected chi connectivity index (χ0v) is 19.7. The quantitative estimate of drug-likeness (QED) is 0.237. The molecule has 0 radical (unpaired) electrons. The van der Waals surface area contributed by atoms with Gasteiger partial charge in [-0.05, 0) is 19.4 Å². The molecule has 3 N–H and O–H groups in total. The second kappa shape index (κ2) is 12.3. The Morgan fingerprint density at radius 3 is 2.50 bits per heavy atom. The van der Waals surface area contributed by atoms with E-state index in [2.05, 4.69) is 27.5 Å². The van der Waals surface area contributed by atoms with Gasteiger partial charge in [0.2, 0.25) is 5.89 Å². The van der Waals surface area contributed by atoms with Gasteiger partial charge < -0.3 is 20.2 Å². The van der Waals surface area contributed by atoms with Gasteiger partial charge in [-0.15, -0.1) is 24.0 Å². The molecule has 6 nitrogen and oxygen atoms in total. The summed E-state index contributed by atoms with van der Waals surface area (Å²) in [6.45, 7) is 5.78. The number of hydrogen-bond donors (Lipinski definition) is 3. The standard InChI is InChI=1S/C23H28N4O2.HI/c1-3-24-23(26-13-20(16-28)18-7-5-4-6-8-18)27-15-22-25-14-21(29-22)19-11-9-17(2)10-12-19;/h4-12,14,20,28H,3,13,15-16H2,1-2H3,(H2,24,26,27);1H. The number of aliphatic hydroxyl groups excluding tert-OH is 1. The van der Waals surface area contributed by atoms with E-state index in [1.807, 2.05) is 61.5 Å². The molecule has 0 aliphatic heterocycles. The van der Waals surface area contributed by atoms with E-state index in [1.165, 1.54) is 5.56 Å². The van der Waals surface area contributed by atoms with Crippen molar-refractivity contribution in [1.29, 1.82) is 0 Å². The highest BCUT2D eigenvalue weighted by molar-refractivity contribution is 14.0. The van der Waals surface area contributed by atoms with Gasteiger partial charge in [-0.1, -0.05) is 60.2 Å². The van der Waals surface area contributed by atoms with E-state index in [0.29, 0.717) is 24.9 Å². The molecular formula is C23H29IN4O2. The summed E-state index contributed by atoms with van der Waals surface area (Å²) in [7, 11) is 0. The van der Waals surface area contributed by atoms with Crippen molar-refractivity contribution in [2.24, 2.45) is 4.99 Å². The largest absolute Gasteiger partial charge is 0.439 e. The number of hydrogen-bond acceptors (Lipinski definition) is 4. The molecule has 0 amide bonds. The van der Waals surface area contributed by atoms with Crippen LogP contribution in [0.2, 0.25) is 0 Å². The SMILES string of the molecule is CCNC(=NCc1ncc(-c2ccc(C)cc2)o1)NCC(CO)c1ccccc1.I. The van der Waals surface area contributed by atoms with Crippen LogP contribution in [0.25, 0.3) is 11.3 Å². The number of benzene rings is 2. The zero-order valence-electron chi connectivity index (χ0n) is 17.3. The van der Waals surface area contributed by atoms with E-state index < -0.39 is 0 Å². The molecule has 1 unspecified atom stereocenters. The molecule has 0 spiro atoms. The second-order valence-corrected chi connectivity index (χ2v) is 6.85. The number of oxazole rings is 1. The summed E-state index contributed by atoms with van der Waals surface area (Å²) < 4.78 is 5.84. The van der Waals surface area contributed by atoms with E-state index >= 15 is 0 Å². The first-order chi connectivity index (χ1) is 14.2. The normalized spacial score (nSPS) is 12.2. The topological polar surface area (TPSA) is 82.7 Å². The van der Waals surface area contributed by atoms with Gasteiger partial charge in [0, 0.05) is 24.6 Å². The minimum Gasteiger partial charge on any atom is -0.439 e. The molecule has 2 aromatic carbocycles. The van der Waals surface area contributed by atoms with Crippen LogP contribution < -0.4 is 10.6 Å². The van der Waals surface area contributed by atoms with Gasteiger partial charge in [-0.25, -0.2) is 9.98 Å². The number of guanidine groups is 1. The van der Waals surface area contributed by atoms with Crippen molar-refractivity contribution in [3.63, 3.8) is 0 Å². The third-order valence-corrected chi connectivity index (χ3v) is 4.61. The summed E-state index contributed by atoms with van der Waals surface area (Å²) in [5, 5.41) is 16.2. The maximum atomic E-state index is 9.73. The summed E-state index contributed by atoms with van der Waals surface area (Å²) in [6.07, 6.45) is 1.73. The highest BCUT2D eigenvalue weighted by Crippen LogP contribution is 2.21. The Morgan fingerprint density at radius 2 is 1.83 bits per heavy atom. The lowest BCUT2D eigenvalue weighted by atomic mass is 10.0. The van der Waals surface area contributed by atoms with Crippen LogP contribution in [0.15, 0.2) is 70.2 Å². The average Bonchev–Trinajstić information content (AvgIpc) is 3.22. The lowest BCUT2D eigenvalue weighted by Crippen LogP contribution is -2.39. The second-order valence-electron chi connectivity index (χ2n) is 6.85. The molecule has 160 valence electrons. The molecule has 30 heavy (non-hydrogen) atoms. The first-order valence-corrected chi connectivity index (χ1v) is 9.89. The predicted octanol–water partition coefficient (Wildman–Crippen LogP) is 4.10. The Balaban J connectivity index is 0.00000320. The Morgan fingerprint density at radius 1 is 1.10 bits per heavy atom. The Kier molecular flexibility index (Phi) is 9.82. The summed E-state index contributed by atoms with van der Waals surface area (Å²) >= 11 is 0. The van der Waals surface area contributed by atoms with Crippen molar-refractivity contribution in [3.05, 3.63) is 77.8 Å². The molecule has 0 saturated carbocycles. The number of aryl methyl sites for hydroxylation is 1. The average molecular weight is 520 g/mol. The first kappa shape index (κ1) is 23.9. The van der Waals surface area contributed by atoms with Crippen molar-refractivity contribution < 1.29 is 9.52 Å². The molecule has 0 fully saturated rings. The number of rotatable bonds is 8. The minimum absolute atomic E-state index is 0. The highest BCUT2D eigenvalue weighted by Gasteiger charge is 2.11. The summed E-state index contributed by atoms with van der Waals surface area (Å²) in [4.78, 5) is 8.90. The van der Waals surface area contributed by atoms with Crippen LogP contribution in [0.4, 0.5) is 0 Å². The van der Waals surface area contributed by atoms with Gasteiger partial charge in [-0.3, -0.25) is 0 Å². The smallest absolute Gasteiger partial charge is 0.216 e. The van der Waals surface area contributed by atoms with Gasteiger partial charge in [0.15, 0.2) is 11.7 Å². The number of nitrogens with one attached hydrogen (secondary N) is 2. The maximum absolute atomic E-state index is 9.73. The Hall–Kier alpha value is -2.39. The van der Waals surface area contributed by atoms with Gasteiger partial charge in [-0.2, -0.15) is 0 Å². The molecule has 0 bridgehead atoms. The van der Waals surface area contributed by atoms with E-state index in [1.54, 1.807) is 6.20 Å². The molecule has 1 aromatic heterocycles. The van der Waals surface area contributed by atoms with E-state index in [0.717, 1.165) is 23.4 Å². The van der Waals surface area contributed by atoms with Crippen molar-refractivity contribution in [2.75, 3.05) is 19.7 Å². The number of aromatic nitrogens is 1. The molecule has 1 atom stereocenters. The van der Waals surface area contributed by atoms with Crippen LogP contribution in [0.3, 0.4) is 0 Å². The third-order valence-electron chi connectivity index (χ3n) is 4.61. The summed E-state index contributed by atoms with van der Waals surface area (Å²) in [5.41, 5.74) is 3.29. The molecule has 3 rings (SSSR count). The highest BCUT2D eigenvalue weighted by atomic mass is 127. The summed E-state index contributed by atoms with van der Waals surface area (Å²) in [6, 6.07) is 18.1. The van der Waals surface area contributed by atoms with E-state index in [4.69, 9.17) is 4.42 Å². The van der Waals surface area contributed by atoms with Crippen molar-refractivity contribution in [3.8, 4) is 11.3 Å². The van der Waals surface area contributed by atoms with E-state index in [9.17, 15) is 5.11 Å². The van der Waals surface area contributed by atoms with Crippen molar-refractivity contribution in [2.45, 2.75) is 26.3 Å². The number of aliphatic imine (C=N–C) groups is 1. The summed E-state index contributed by atoms with van der Waals surface area (Å²) in [5.74, 6) is 1.95. The monoisotopic (exact) mass is 520 g/mol. The maximum Gasteiger partial charge on any atom is 0.216 e. The number of nitrogens with zero attached hydrogens (tertiary/aromatic N) is 2. The van der Waals surface area contributed by atoms with Crippen LogP contribution in [-0.2, 0) is 6.54 Å². The Labute approximate surface area is 194 Å². The molecule has 1 heterocycles.